The summed E-state index contributed by atoms with van der Waals surface area (Å²) in [6.07, 6.45) is 1.77. The molecular formula is C18H17NO5. The highest BCUT2D eigenvalue weighted by Crippen LogP contribution is 2.37. The summed E-state index contributed by atoms with van der Waals surface area (Å²) in [5, 5.41) is 10.1. The van der Waals surface area contributed by atoms with Crippen molar-refractivity contribution in [3.05, 3.63) is 63.2 Å². The molecule has 0 saturated heterocycles. The Kier molecular flexibility index (Phi) is 4.12. The number of fused-ring (bicyclic) bond motifs is 1. The van der Waals surface area contributed by atoms with Gasteiger partial charge in [-0.05, 0) is 24.6 Å². The van der Waals surface area contributed by atoms with Crippen LogP contribution in [-0.4, -0.2) is 17.6 Å². The maximum Gasteiger partial charge on any atom is 0.227 e. The van der Waals surface area contributed by atoms with Crippen LogP contribution >= 0.6 is 0 Å². The van der Waals surface area contributed by atoms with Gasteiger partial charge in [0, 0.05) is 18.1 Å². The molecule has 1 aliphatic rings. The summed E-state index contributed by atoms with van der Waals surface area (Å²) < 4.78 is 11.2. The lowest BCUT2D eigenvalue weighted by Gasteiger charge is -2.24. The highest BCUT2D eigenvalue weighted by atomic mass is 16.5. The number of hydrogen-bond donors (Lipinski definition) is 2. The van der Waals surface area contributed by atoms with E-state index in [-0.39, 0.29) is 18.8 Å². The van der Waals surface area contributed by atoms with Crippen LogP contribution in [0.3, 0.4) is 0 Å². The van der Waals surface area contributed by atoms with Crippen LogP contribution in [0.15, 0.2) is 45.1 Å². The first-order valence-corrected chi connectivity index (χ1v) is 7.50. The first-order valence-electron chi connectivity index (χ1n) is 7.50. The molecule has 0 unspecified atom stereocenters. The zero-order valence-electron chi connectivity index (χ0n) is 13.1. The van der Waals surface area contributed by atoms with Crippen molar-refractivity contribution >= 4 is 12.0 Å². The van der Waals surface area contributed by atoms with Crippen LogP contribution in [-0.2, 0) is 4.79 Å². The Morgan fingerprint density at radius 3 is 2.88 bits per heavy atom. The van der Waals surface area contributed by atoms with E-state index < -0.39 is 23.0 Å². The maximum absolute atomic E-state index is 11.9. The molecule has 3 rings (SSSR count). The van der Waals surface area contributed by atoms with Gasteiger partial charge in [0.2, 0.25) is 17.1 Å². The summed E-state index contributed by atoms with van der Waals surface area (Å²) in [5.74, 6) is -0.625. The van der Waals surface area contributed by atoms with Gasteiger partial charge in [-0.2, -0.15) is 0 Å². The topological polar surface area (TPSA) is 103 Å². The fraction of sp³-hybridized carbons (Fsp3) is 0.222. The molecular weight excluding hydrogens is 310 g/mol. The minimum Gasteiger partial charge on any atom is -0.502 e. The molecule has 0 radical (unpaired) electrons. The molecule has 0 spiro atoms. The fourth-order valence-electron chi connectivity index (χ4n) is 2.79. The Morgan fingerprint density at radius 2 is 2.12 bits per heavy atom. The van der Waals surface area contributed by atoms with Crippen molar-refractivity contribution in [2.75, 3.05) is 6.61 Å². The van der Waals surface area contributed by atoms with Crippen molar-refractivity contribution in [2.45, 2.75) is 19.3 Å². The Bertz CT molecular complexity index is 881. The van der Waals surface area contributed by atoms with E-state index in [4.69, 9.17) is 14.9 Å². The van der Waals surface area contributed by atoms with Crippen LogP contribution in [0.1, 0.15) is 29.4 Å². The average Bonchev–Trinajstić information content (AvgIpc) is 2.55. The van der Waals surface area contributed by atoms with E-state index in [1.54, 1.807) is 6.92 Å². The van der Waals surface area contributed by atoms with Gasteiger partial charge in [-0.15, -0.1) is 0 Å². The van der Waals surface area contributed by atoms with Crippen LogP contribution in [0, 0.1) is 6.92 Å². The van der Waals surface area contributed by atoms with Crippen molar-refractivity contribution < 1.29 is 19.1 Å². The van der Waals surface area contributed by atoms with E-state index in [9.17, 15) is 14.7 Å². The van der Waals surface area contributed by atoms with Crippen LogP contribution < -0.4 is 15.9 Å². The van der Waals surface area contributed by atoms with Crippen LogP contribution in [0.4, 0.5) is 0 Å². The molecule has 0 fully saturated rings. The molecule has 1 aromatic carbocycles. The van der Waals surface area contributed by atoms with Crippen molar-refractivity contribution in [3.8, 4) is 11.5 Å². The Morgan fingerprint density at radius 1 is 1.38 bits per heavy atom. The van der Waals surface area contributed by atoms with Gasteiger partial charge in [-0.25, -0.2) is 0 Å². The number of aromatic hydroxyl groups is 1. The Hall–Kier alpha value is -3.02. The zero-order chi connectivity index (χ0) is 17.3. The lowest BCUT2D eigenvalue weighted by atomic mass is 9.89. The molecule has 24 heavy (non-hydrogen) atoms. The number of amides is 1. The normalized spacial score (nSPS) is 14.3. The minimum absolute atomic E-state index is 0.0352. The molecule has 1 aliphatic heterocycles. The van der Waals surface area contributed by atoms with Crippen LogP contribution in [0.25, 0.3) is 6.08 Å². The number of aryl methyl sites for hydroxylation is 1. The summed E-state index contributed by atoms with van der Waals surface area (Å²) >= 11 is 0. The molecule has 2 heterocycles. The summed E-state index contributed by atoms with van der Waals surface area (Å²) in [5.41, 5.74) is 6.35. The van der Waals surface area contributed by atoms with Gasteiger partial charge in [0.05, 0.1) is 5.92 Å². The van der Waals surface area contributed by atoms with Gasteiger partial charge in [-0.1, -0.05) is 18.2 Å². The van der Waals surface area contributed by atoms with Crippen LogP contribution in [0.2, 0.25) is 0 Å². The summed E-state index contributed by atoms with van der Waals surface area (Å²) in [6.45, 7) is 1.82. The third-order valence-corrected chi connectivity index (χ3v) is 3.90. The highest BCUT2D eigenvalue weighted by molar-refractivity contribution is 5.76. The Balaban J connectivity index is 2.11. The number of hydrogen-bond acceptors (Lipinski definition) is 5. The van der Waals surface area contributed by atoms with E-state index in [0.717, 1.165) is 11.3 Å². The molecule has 3 N–H and O–H groups in total. The first kappa shape index (κ1) is 15.9. The molecule has 124 valence electrons. The second-order valence-corrected chi connectivity index (χ2v) is 5.70. The van der Waals surface area contributed by atoms with Crippen molar-refractivity contribution in [2.24, 2.45) is 5.73 Å². The predicted octanol–water partition coefficient (Wildman–Crippen LogP) is 2.09. The number of carbonyl (C=O) groups is 1. The van der Waals surface area contributed by atoms with Crippen molar-refractivity contribution in [3.63, 3.8) is 0 Å². The highest BCUT2D eigenvalue weighted by Gasteiger charge is 2.28. The molecule has 1 amide bonds. The van der Waals surface area contributed by atoms with Gasteiger partial charge in [0.25, 0.3) is 0 Å². The second kappa shape index (κ2) is 6.23. The van der Waals surface area contributed by atoms with E-state index in [1.165, 1.54) is 6.07 Å². The number of carbonyl (C=O) groups excluding carboxylic acids is 1. The number of para-hydroxylation sites is 1. The van der Waals surface area contributed by atoms with E-state index in [1.807, 2.05) is 30.3 Å². The quantitative estimate of drug-likeness (QED) is 0.895. The zero-order valence-corrected chi connectivity index (χ0v) is 13.1. The predicted molar refractivity (Wildman–Crippen MR) is 87.8 cm³/mol. The lowest BCUT2D eigenvalue weighted by molar-refractivity contribution is -0.118. The van der Waals surface area contributed by atoms with Gasteiger partial charge in [0.1, 0.15) is 18.1 Å². The smallest absolute Gasteiger partial charge is 0.227 e. The minimum atomic E-state index is -0.663. The van der Waals surface area contributed by atoms with Gasteiger partial charge in [0.15, 0.2) is 5.76 Å². The van der Waals surface area contributed by atoms with Crippen molar-refractivity contribution in [1.29, 1.82) is 0 Å². The molecule has 2 aromatic rings. The maximum atomic E-state index is 11.9. The summed E-state index contributed by atoms with van der Waals surface area (Å²) in [7, 11) is 0. The van der Waals surface area contributed by atoms with E-state index >= 15 is 0 Å². The van der Waals surface area contributed by atoms with E-state index in [2.05, 4.69) is 0 Å². The summed E-state index contributed by atoms with van der Waals surface area (Å²) in [4.78, 5) is 23.4. The molecule has 0 saturated carbocycles. The van der Waals surface area contributed by atoms with E-state index in [0.29, 0.717) is 11.3 Å². The average molecular weight is 327 g/mol. The standard InChI is InChI=1S/C18H17NO5/c1-10-6-14(20)17(22)18(24-10)13(8-16(19)21)12-7-11-4-2-3-5-15(11)23-9-12/h2-7,13,22H,8-9H2,1H3,(H2,19,21)/t13-/m1/s1. The lowest BCUT2D eigenvalue weighted by Crippen LogP contribution is -2.21. The number of rotatable bonds is 4. The molecule has 0 aliphatic carbocycles. The number of ether oxygens (including phenoxy) is 1. The largest absolute Gasteiger partial charge is 0.502 e. The van der Waals surface area contributed by atoms with Gasteiger partial charge < -0.3 is 20.0 Å². The SMILES string of the molecule is Cc1cc(=O)c(O)c([C@H](CC(N)=O)C2=Cc3ccccc3OC2)o1. The monoisotopic (exact) mass is 327 g/mol. The second-order valence-electron chi connectivity index (χ2n) is 5.70. The molecule has 1 aromatic heterocycles. The fourth-order valence-corrected chi connectivity index (χ4v) is 2.79. The number of benzene rings is 1. The third-order valence-electron chi connectivity index (χ3n) is 3.90. The third kappa shape index (κ3) is 3.03. The molecule has 6 nitrogen and oxygen atoms in total. The van der Waals surface area contributed by atoms with Gasteiger partial charge >= 0.3 is 0 Å². The molecule has 1 atom stereocenters. The van der Waals surface area contributed by atoms with Gasteiger partial charge in [-0.3, -0.25) is 9.59 Å². The van der Waals surface area contributed by atoms with Crippen molar-refractivity contribution in [1.82, 2.24) is 0 Å². The van der Waals surface area contributed by atoms with Crippen LogP contribution in [0.5, 0.6) is 11.5 Å². The number of nitrogens with two attached hydrogens (primary N) is 1. The number of primary amides is 1. The molecule has 0 bridgehead atoms. The first-order chi connectivity index (χ1) is 11.5. The molecule has 6 heteroatoms. The summed E-state index contributed by atoms with van der Waals surface area (Å²) in [6, 6.07) is 8.65. The Labute approximate surface area is 138 Å².